The van der Waals surface area contributed by atoms with Gasteiger partial charge in [-0.25, -0.2) is 27.3 Å². The smallest absolute Gasteiger partial charge is 0.464 e. The molecule has 0 radical (unpaired) electrons. The standard InChI is InChI=1S/C30H25F6NO6PS/c1-14(28(38)41-13-30(2,3)4)37-17-7-5-6-8-18(17)43-44(40)27(36)15-9-10-19-16(11-15)12-20(45-19)29(39)42-26-24(34)22(32)21(31)23(33)25(26)35/h5-12,14,27,37H,13H2,1-4H3/q+1/t14-,27-/m0/s1. The largest absolute Gasteiger partial charge is 0.598 e. The molecule has 0 saturated carbocycles. The summed E-state index contributed by atoms with van der Waals surface area (Å²) in [6, 6.07) is 10.4. The van der Waals surface area contributed by atoms with Crippen molar-refractivity contribution in [3.8, 4) is 11.5 Å². The van der Waals surface area contributed by atoms with E-state index in [4.69, 9.17) is 9.26 Å². The Labute approximate surface area is 258 Å². The van der Waals surface area contributed by atoms with Crippen molar-refractivity contribution in [1.82, 2.24) is 0 Å². The van der Waals surface area contributed by atoms with Crippen molar-refractivity contribution in [1.29, 1.82) is 0 Å². The molecule has 1 aromatic heterocycles. The lowest BCUT2D eigenvalue weighted by molar-refractivity contribution is -0.146. The van der Waals surface area contributed by atoms with Gasteiger partial charge in [0, 0.05) is 10.3 Å². The van der Waals surface area contributed by atoms with Gasteiger partial charge in [0.05, 0.1) is 12.3 Å². The lowest BCUT2D eigenvalue weighted by Crippen LogP contribution is -2.31. The van der Waals surface area contributed by atoms with E-state index in [0.29, 0.717) is 4.70 Å². The minimum atomic E-state index is -3.03. The number of hydrogen-bond acceptors (Lipinski definition) is 8. The Morgan fingerprint density at radius 1 is 0.933 bits per heavy atom. The molecule has 0 aliphatic heterocycles. The van der Waals surface area contributed by atoms with Gasteiger partial charge >= 0.3 is 25.9 Å². The summed E-state index contributed by atoms with van der Waals surface area (Å²) in [6.07, 6.45) is 0. The number of ether oxygens (including phenoxy) is 2. The van der Waals surface area contributed by atoms with Gasteiger partial charge in [-0.15, -0.1) is 11.3 Å². The second kappa shape index (κ2) is 13.5. The van der Waals surface area contributed by atoms with Gasteiger partial charge in [-0.1, -0.05) is 39.0 Å². The molecule has 3 aromatic carbocycles. The summed E-state index contributed by atoms with van der Waals surface area (Å²) >= 11 is 0.740. The number of nitrogens with one attached hydrogen (secondary N) is 1. The fourth-order valence-corrected chi connectivity index (χ4v) is 5.53. The van der Waals surface area contributed by atoms with E-state index in [-0.39, 0.29) is 39.3 Å². The third kappa shape index (κ3) is 7.74. The molecule has 238 valence electrons. The lowest BCUT2D eigenvalue weighted by Gasteiger charge is -2.20. The first-order valence-corrected chi connectivity index (χ1v) is 15.2. The van der Waals surface area contributed by atoms with Crippen LogP contribution in [0.3, 0.4) is 0 Å². The zero-order valence-electron chi connectivity index (χ0n) is 24.1. The van der Waals surface area contributed by atoms with E-state index in [0.717, 1.165) is 17.4 Å². The van der Waals surface area contributed by atoms with Crippen LogP contribution in [0.15, 0.2) is 48.5 Å². The summed E-state index contributed by atoms with van der Waals surface area (Å²) in [5, 5.41) is 3.14. The molecule has 0 saturated heterocycles. The van der Waals surface area contributed by atoms with E-state index in [1.165, 1.54) is 24.3 Å². The quantitative estimate of drug-likeness (QED) is 0.0449. The van der Waals surface area contributed by atoms with Crippen molar-refractivity contribution < 1.29 is 54.5 Å². The molecule has 7 nitrogen and oxygen atoms in total. The number of benzene rings is 3. The molecule has 4 rings (SSSR count). The Morgan fingerprint density at radius 2 is 1.56 bits per heavy atom. The first kappa shape index (κ1) is 33.7. The number of rotatable bonds is 10. The molecule has 0 bridgehead atoms. The minimum absolute atomic E-state index is 0.00602. The first-order chi connectivity index (χ1) is 21.1. The van der Waals surface area contributed by atoms with Crippen LogP contribution in [-0.4, -0.2) is 24.6 Å². The van der Waals surface area contributed by atoms with E-state index in [2.05, 4.69) is 10.1 Å². The average Bonchev–Trinajstić information content (AvgIpc) is 3.44. The van der Waals surface area contributed by atoms with E-state index in [1.807, 2.05) is 20.8 Å². The molecule has 1 N–H and O–H groups in total. The van der Waals surface area contributed by atoms with E-state index in [9.17, 15) is 36.1 Å². The normalized spacial score (nSPS) is 13.2. The van der Waals surface area contributed by atoms with Crippen LogP contribution in [0.2, 0.25) is 0 Å². The van der Waals surface area contributed by atoms with E-state index >= 15 is 4.39 Å². The number of fused-ring (bicyclic) bond motifs is 1. The number of thiophene rings is 1. The maximum absolute atomic E-state index is 15.4. The topological polar surface area (TPSA) is 90.9 Å². The number of hydrogen-bond donors (Lipinski definition) is 1. The second-order valence-electron chi connectivity index (χ2n) is 10.9. The van der Waals surface area contributed by atoms with Crippen molar-refractivity contribution in [2.24, 2.45) is 5.41 Å². The van der Waals surface area contributed by atoms with Gasteiger partial charge < -0.3 is 14.8 Å². The van der Waals surface area contributed by atoms with Crippen LogP contribution in [0.25, 0.3) is 10.1 Å². The highest BCUT2D eigenvalue weighted by Crippen LogP contribution is 2.46. The van der Waals surface area contributed by atoms with Crippen molar-refractivity contribution in [2.75, 3.05) is 11.9 Å². The van der Waals surface area contributed by atoms with E-state index in [1.54, 1.807) is 25.1 Å². The Balaban J connectivity index is 1.47. The van der Waals surface area contributed by atoms with Crippen LogP contribution in [0.5, 0.6) is 11.5 Å². The van der Waals surface area contributed by atoms with Crippen LogP contribution in [-0.2, 0) is 14.1 Å². The molecule has 0 spiro atoms. The number of halogens is 6. The van der Waals surface area contributed by atoms with Crippen molar-refractivity contribution in [2.45, 2.75) is 39.6 Å². The minimum Gasteiger partial charge on any atom is -0.464 e. The van der Waals surface area contributed by atoms with Crippen molar-refractivity contribution in [3.63, 3.8) is 0 Å². The SMILES string of the molecule is C[C@H](Nc1ccccc1O[P+](=O)[C@H](F)c1ccc2sc(C(=O)Oc3c(F)c(F)c(F)c(F)c3F)cc2c1)C(=O)OCC(C)(C)C. The Bertz CT molecular complexity index is 1760. The number of anilines is 1. The number of esters is 2. The van der Waals surface area contributed by atoms with Gasteiger partial charge in [-0.3, -0.25) is 0 Å². The molecule has 45 heavy (non-hydrogen) atoms. The van der Waals surface area contributed by atoms with Crippen LogP contribution in [0.1, 0.15) is 48.8 Å². The van der Waals surface area contributed by atoms with Crippen LogP contribution in [0, 0.1) is 34.5 Å². The molecule has 1 heterocycles. The summed E-state index contributed by atoms with van der Waals surface area (Å²) in [4.78, 5) is 24.6. The third-order valence-corrected chi connectivity index (χ3v) is 8.16. The van der Waals surface area contributed by atoms with Crippen molar-refractivity contribution in [3.05, 3.63) is 88.1 Å². The zero-order valence-corrected chi connectivity index (χ0v) is 25.8. The summed E-state index contributed by atoms with van der Waals surface area (Å²) in [5.41, 5.74) is -0.0874. The zero-order chi connectivity index (χ0) is 33.2. The highest BCUT2D eigenvalue weighted by molar-refractivity contribution is 7.39. The summed E-state index contributed by atoms with van der Waals surface area (Å²) in [7, 11) is -3.03. The average molecular weight is 673 g/mol. The highest BCUT2D eigenvalue weighted by Gasteiger charge is 2.37. The van der Waals surface area contributed by atoms with Crippen LogP contribution >= 0.6 is 19.4 Å². The highest BCUT2D eigenvalue weighted by atomic mass is 32.1. The molecule has 4 aromatic rings. The van der Waals surface area contributed by atoms with Gasteiger partial charge in [0.25, 0.3) is 0 Å². The summed E-state index contributed by atoms with van der Waals surface area (Å²) in [5.74, 6) is -17.5. The number of alkyl halides is 1. The summed E-state index contributed by atoms with van der Waals surface area (Å²) < 4.78 is 112. The Kier molecular flexibility index (Phi) is 10.1. The molecule has 0 aliphatic carbocycles. The molecular weight excluding hydrogens is 647 g/mol. The van der Waals surface area contributed by atoms with Gasteiger partial charge in [0.1, 0.15) is 10.9 Å². The number of para-hydroxylation sites is 2. The van der Waals surface area contributed by atoms with Gasteiger partial charge in [-0.05, 0) is 52.6 Å². The second-order valence-corrected chi connectivity index (χ2v) is 13.2. The van der Waals surface area contributed by atoms with Gasteiger partial charge in [0.15, 0.2) is 0 Å². The fraction of sp³-hybridized carbons (Fsp3) is 0.267. The molecule has 0 fully saturated rings. The predicted molar refractivity (Wildman–Crippen MR) is 155 cm³/mol. The van der Waals surface area contributed by atoms with Gasteiger partial charge in [-0.2, -0.15) is 13.2 Å². The Morgan fingerprint density at radius 3 is 2.20 bits per heavy atom. The molecule has 0 aliphatic rings. The number of carbonyl (C=O) groups excluding carboxylic acids is 2. The van der Waals surface area contributed by atoms with Gasteiger partial charge in [0.2, 0.25) is 40.6 Å². The molecule has 0 amide bonds. The number of carbonyl (C=O) groups is 2. The first-order valence-electron chi connectivity index (χ1n) is 13.1. The van der Waals surface area contributed by atoms with Crippen molar-refractivity contribution >= 4 is 47.1 Å². The lowest BCUT2D eigenvalue weighted by atomic mass is 9.99. The Hall–Kier alpha value is -4.16. The maximum Gasteiger partial charge on any atom is 0.598 e. The van der Waals surface area contributed by atoms with Crippen LogP contribution < -0.4 is 14.6 Å². The summed E-state index contributed by atoms with van der Waals surface area (Å²) in [6.45, 7) is 7.46. The molecule has 3 atom stereocenters. The predicted octanol–water partition coefficient (Wildman–Crippen LogP) is 9.00. The van der Waals surface area contributed by atoms with E-state index < -0.39 is 66.8 Å². The fourth-order valence-electron chi connectivity index (χ4n) is 3.76. The molecule has 1 unspecified atom stereocenters. The monoisotopic (exact) mass is 672 g/mol. The maximum atomic E-state index is 15.4. The molecule has 15 heteroatoms. The van der Waals surface area contributed by atoms with Crippen LogP contribution in [0.4, 0.5) is 32.0 Å². The molecular formula is C30H25F6NO6PS+. The third-order valence-electron chi connectivity index (χ3n) is 6.01.